The van der Waals surface area contributed by atoms with Gasteiger partial charge in [0.1, 0.15) is 12.1 Å². The van der Waals surface area contributed by atoms with Gasteiger partial charge in [0.05, 0.1) is 18.1 Å². The van der Waals surface area contributed by atoms with Crippen LogP contribution < -0.4 is 15.5 Å². The molecular weight excluding hydrogens is 328 g/mol. The zero-order chi connectivity index (χ0) is 17.9. The first-order valence-corrected chi connectivity index (χ1v) is 8.26. The van der Waals surface area contributed by atoms with Crippen LogP contribution in [0.4, 0.5) is 4.79 Å². The largest absolute Gasteiger partial charge is 0.497 e. The second-order valence-corrected chi connectivity index (χ2v) is 5.95. The second-order valence-electron chi connectivity index (χ2n) is 5.95. The highest BCUT2D eigenvalue weighted by Gasteiger charge is 2.06. The summed E-state index contributed by atoms with van der Waals surface area (Å²) in [5.41, 5.74) is 5.48. The number of hydrogen-bond acceptors (Lipinski definition) is 3. The van der Waals surface area contributed by atoms with E-state index >= 15 is 0 Å². The first-order valence-electron chi connectivity index (χ1n) is 8.26. The first-order chi connectivity index (χ1) is 12.7. The van der Waals surface area contributed by atoms with Gasteiger partial charge in [-0.2, -0.15) is 0 Å². The van der Waals surface area contributed by atoms with E-state index in [9.17, 15) is 4.79 Å². The van der Waals surface area contributed by atoms with Crippen molar-refractivity contribution in [2.45, 2.75) is 6.54 Å². The molecule has 0 unspecified atom stereocenters. The predicted molar refractivity (Wildman–Crippen MR) is 102 cm³/mol. The van der Waals surface area contributed by atoms with Gasteiger partial charge in [-0.1, -0.05) is 30.3 Å². The highest BCUT2D eigenvalue weighted by Crippen LogP contribution is 2.21. The Kier molecular flexibility index (Phi) is 4.15. The molecule has 26 heavy (non-hydrogen) atoms. The molecule has 0 saturated heterocycles. The number of methoxy groups -OCH3 is 1. The molecular formula is C20H18N4O2. The Morgan fingerprint density at radius 1 is 1.08 bits per heavy atom. The van der Waals surface area contributed by atoms with Crippen LogP contribution in [0.5, 0.6) is 5.75 Å². The zero-order valence-corrected chi connectivity index (χ0v) is 14.3. The average molecular weight is 346 g/mol. The number of nitrogens with zero attached hydrogens (tertiary/aromatic N) is 2. The van der Waals surface area contributed by atoms with E-state index in [0.717, 1.165) is 33.1 Å². The highest BCUT2D eigenvalue weighted by atomic mass is 16.5. The van der Waals surface area contributed by atoms with Crippen LogP contribution in [-0.2, 0) is 6.54 Å². The molecule has 1 aromatic heterocycles. The molecule has 0 spiro atoms. The fourth-order valence-corrected chi connectivity index (χ4v) is 2.89. The van der Waals surface area contributed by atoms with Gasteiger partial charge in [0, 0.05) is 6.54 Å². The molecule has 0 aliphatic rings. The third-order valence-electron chi connectivity index (χ3n) is 4.24. The van der Waals surface area contributed by atoms with Crippen molar-refractivity contribution in [1.29, 1.82) is 0 Å². The smallest absolute Gasteiger partial charge is 0.334 e. The summed E-state index contributed by atoms with van der Waals surface area (Å²) in [7, 11) is 1.65. The molecule has 2 N–H and O–H groups in total. The number of fused-ring (bicyclic) bond motifs is 2. The zero-order valence-electron chi connectivity index (χ0n) is 14.3. The van der Waals surface area contributed by atoms with Crippen molar-refractivity contribution in [1.82, 2.24) is 15.0 Å². The van der Waals surface area contributed by atoms with Crippen LogP contribution in [-0.4, -0.2) is 22.8 Å². The normalized spacial score (nSPS) is 10.8. The van der Waals surface area contributed by atoms with Gasteiger partial charge >= 0.3 is 6.03 Å². The van der Waals surface area contributed by atoms with Gasteiger partial charge in [-0.05, 0) is 46.7 Å². The maximum absolute atomic E-state index is 12.2. The molecule has 3 aromatic carbocycles. The standard InChI is InChI=1S/C20H18N4O2/c1-26-17-9-8-15-10-14(6-7-16(15)11-17)12-21-20(25)23-24-13-22-18-4-2-3-5-19(18)24/h2-11,13H,12H2,1H3,(H2,21,23,25). The number of para-hydroxylation sites is 2. The van der Waals surface area contributed by atoms with Crippen LogP contribution in [0, 0.1) is 0 Å². The molecule has 6 heteroatoms. The number of rotatable bonds is 4. The summed E-state index contributed by atoms with van der Waals surface area (Å²) in [6.07, 6.45) is 1.59. The lowest BCUT2D eigenvalue weighted by Gasteiger charge is -2.10. The van der Waals surface area contributed by atoms with E-state index in [4.69, 9.17) is 4.74 Å². The van der Waals surface area contributed by atoms with Crippen molar-refractivity contribution in [2.75, 3.05) is 12.5 Å². The molecule has 130 valence electrons. The fraction of sp³-hybridized carbons (Fsp3) is 0.100. The van der Waals surface area contributed by atoms with Crippen molar-refractivity contribution in [3.63, 3.8) is 0 Å². The first kappa shape index (κ1) is 16.0. The van der Waals surface area contributed by atoms with Crippen molar-refractivity contribution < 1.29 is 9.53 Å². The predicted octanol–water partition coefficient (Wildman–Crippen LogP) is 3.65. The number of carbonyl (C=O) groups is 1. The summed E-state index contributed by atoms with van der Waals surface area (Å²) in [6.45, 7) is 0.431. The van der Waals surface area contributed by atoms with Gasteiger partial charge in [-0.25, -0.2) is 19.9 Å². The minimum Gasteiger partial charge on any atom is -0.497 e. The Hall–Kier alpha value is -3.54. The lowest BCUT2D eigenvalue weighted by atomic mass is 10.1. The second kappa shape index (κ2) is 6.76. The number of carbonyl (C=O) groups excluding carboxylic acids is 1. The average Bonchev–Trinajstić information content (AvgIpc) is 3.08. The Morgan fingerprint density at radius 3 is 2.77 bits per heavy atom. The number of ether oxygens (including phenoxy) is 1. The van der Waals surface area contributed by atoms with Crippen molar-refractivity contribution in [3.8, 4) is 5.75 Å². The third-order valence-corrected chi connectivity index (χ3v) is 4.24. The monoisotopic (exact) mass is 346 g/mol. The van der Waals surface area contributed by atoms with E-state index in [1.54, 1.807) is 18.1 Å². The number of hydrogen-bond donors (Lipinski definition) is 2. The van der Waals surface area contributed by atoms with Crippen LogP contribution in [0.15, 0.2) is 67.0 Å². The maximum atomic E-state index is 12.2. The quantitative estimate of drug-likeness (QED) is 0.593. The Bertz CT molecular complexity index is 1090. The van der Waals surface area contributed by atoms with Crippen molar-refractivity contribution in [3.05, 3.63) is 72.6 Å². The van der Waals surface area contributed by atoms with E-state index in [0.29, 0.717) is 6.54 Å². The Morgan fingerprint density at radius 2 is 1.88 bits per heavy atom. The van der Waals surface area contributed by atoms with Crippen LogP contribution >= 0.6 is 0 Å². The van der Waals surface area contributed by atoms with Gasteiger partial charge in [0.15, 0.2) is 0 Å². The summed E-state index contributed by atoms with van der Waals surface area (Å²) in [6, 6.07) is 19.3. The summed E-state index contributed by atoms with van der Waals surface area (Å²) >= 11 is 0. The molecule has 4 rings (SSSR count). The number of imidazole rings is 1. The summed E-state index contributed by atoms with van der Waals surface area (Å²) in [4.78, 5) is 16.4. The minimum absolute atomic E-state index is 0.289. The van der Waals surface area contributed by atoms with Crippen molar-refractivity contribution >= 4 is 27.8 Å². The van der Waals surface area contributed by atoms with Gasteiger partial charge in [-0.3, -0.25) is 0 Å². The number of aromatic nitrogens is 2. The van der Waals surface area contributed by atoms with Crippen LogP contribution in [0.1, 0.15) is 5.56 Å². The van der Waals surface area contributed by atoms with E-state index in [-0.39, 0.29) is 6.03 Å². The van der Waals surface area contributed by atoms with Gasteiger partial charge < -0.3 is 10.1 Å². The van der Waals surface area contributed by atoms with Gasteiger partial charge in [0.25, 0.3) is 0 Å². The molecule has 6 nitrogen and oxygen atoms in total. The van der Waals surface area contributed by atoms with E-state index in [1.165, 1.54) is 0 Å². The lowest BCUT2D eigenvalue weighted by molar-refractivity contribution is 0.249. The Labute approximate surface area is 150 Å². The van der Waals surface area contributed by atoms with Crippen LogP contribution in [0.3, 0.4) is 0 Å². The minimum atomic E-state index is -0.289. The number of urea groups is 1. The molecule has 0 aliphatic carbocycles. The number of nitrogens with one attached hydrogen (secondary N) is 2. The number of amides is 2. The van der Waals surface area contributed by atoms with Crippen LogP contribution in [0.2, 0.25) is 0 Å². The molecule has 0 radical (unpaired) electrons. The molecule has 1 heterocycles. The Balaban J connectivity index is 1.43. The number of benzene rings is 3. The SMILES string of the molecule is COc1ccc2cc(CNC(=O)Nn3cnc4ccccc43)ccc2c1. The topological polar surface area (TPSA) is 68.2 Å². The summed E-state index contributed by atoms with van der Waals surface area (Å²) in [5, 5.41) is 5.07. The molecule has 2 amide bonds. The highest BCUT2D eigenvalue weighted by molar-refractivity contribution is 5.86. The molecule has 0 fully saturated rings. The van der Waals surface area contributed by atoms with E-state index in [1.807, 2.05) is 54.6 Å². The lowest BCUT2D eigenvalue weighted by Crippen LogP contribution is -2.33. The molecule has 0 atom stereocenters. The summed E-state index contributed by atoms with van der Waals surface area (Å²) in [5.74, 6) is 0.829. The van der Waals surface area contributed by atoms with Crippen LogP contribution in [0.25, 0.3) is 21.8 Å². The van der Waals surface area contributed by atoms with E-state index in [2.05, 4.69) is 21.8 Å². The molecule has 4 aromatic rings. The van der Waals surface area contributed by atoms with Crippen molar-refractivity contribution in [2.24, 2.45) is 0 Å². The van der Waals surface area contributed by atoms with Gasteiger partial charge in [-0.15, -0.1) is 0 Å². The fourth-order valence-electron chi connectivity index (χ4n) is 2.89. The third kappa shape index (κ3) is 3.17. The molecule has 0 aliphatic heterocycles. The van der Waals surface area contributed by atoms with Gasteiger partial charge in [0.2, 0.25) is 0 Å². The van der Waals surface area contributed by atoms with E-state index < -0.39 is 0 Å². The molecule has 0 saturated carbocycles. The molecule has 0 bridgehead atoms. The summed E-state index contributed by atoms with van der Waals surface area (Å²) < 4.78 is 6.85. The maximum Gasteiger partial charge on any atom is 0.334 e.